The summed E-state index contributed by atoms with van der Waals surface area (Å²) in [5.41, 5.74) is 4.42. The number of amides is 1. The average Bonchev–Trinajstić information content (AvgIpc) is 3.24. The number of carbonyl (C=O) groups excluding carboxylic acids is 1. The summed E-state index contributed by atoms with van der Waals surface area (Å²) in [5.74, 6) is 0.705. The van der Waals surface area contributed by atoms with Gasteiger partial charge in [-0.3, -0.25) is 9.36 Å². The molecule has 3 rings (SSSR count). The zero-order chi connectivity index (χ0) is 22.2. The van der Waals surface area contributed by atoms with Crippen LogP contribution in [0.3, 0.4) is 0 Å². The minimum Gasteiger partial charge on any atom is -0.374 e. The Morgan fingerprint density at radius 2 is 1.77 bits per heavy atom. The second-order valence-electron chi connectivity index (χ2n) is 7.92. The van der Waals surface area contributed by atoms with Crippen LogP contribution >= 0.6 is 11.8 Å². The van der Waals surface area contributed by atoms with Gasteiger partial charge in [0.2, 0.25) is 5.91 Å². The first-order valence-electron chi connectivity index (χ1n) is 10.5. The van der Waals surface area contributed by atoms with Crippen LogP contribution in [0.5, 0.6) is 0 Å². The first-order valence-corrected chi connectivity index (χ1v) is 11.5. The molecule has 31 heavy (non-hydrogen) atoms. The molecule has 2 aromatic carbocycles. The van der Waals surface area contributed by atoms with Crippen molar-refractivity contribution < 1.29 is 9.53 Å². The molecule has 0 aliphatic heterocycles. The number of hydrogen-bond donors (Lipinski definition) is 1. The summed E-state index contributed by atoms with van der Waals surface area (Å²) in [4.78, 5) is 12.4. The number of ether oxygens (including phenoxy) is 1. The summed E-state index contributed by atoms with van der Waals surface area (Å²) in [6.07, 6.45) is 1.84. The molecule has 0 bridgehead atoms. The van der Waals surface area contributed by atoms with Crippen molar-refractivity contribution in [3.63, 3.8) is 0 Å². The van der Waals surface area contributed by atoms with Gasteiger partial charge in [-0.1, -0.05) is 62.0 Å². The molecule has 0 aliphatic rings. The van der Waals surface area contributed by atoms with Gasteiger partial charge < -0.3 is 10.1 Å². The predicted octanol–water partition coefficient (Wildman–Crippen LogP) is 4.72. The van der Waals surface area contributed by atoms with Gasteiger partial charge in [-0.05, 0) is 48.6 Å². The molecule has 6 nitrogen and oxygen atoms in total. The van der Waals surface area contributed by atoms with Crippen LogP contribution < -0.4 is 5.32 Å². The van der Waals surface area contributed by atoms with E-state index in [-0.39, 0.29) is 17.8 Å². The standard InChI is InChI=1S/C24H30N4O2S/c1-17(2)19-9-11-22(12-10-19)28-16-26-27-24(28)31-15-23(29)25-13-20-7-5-6-8-21(20)14-30-18(3)4/h5-12,16-18H,13-15H2,1-4H3,(H,25,29). The Balaban J connectivity index is 1.55. The fraction of sp³-hybridized carbons (Fsp3) is 0.375. The van der Waals surface area contributed by atoms with E-state index in [0.717, 1.165) is 16.8 Å². The van der Waals surface area contributed by atoms with Crippen molar-refractivity contribution >= 4 is 17.7 Å². The van der Waals surface area contributed by atoms with E-state index in [0.29, 0.717) is 24.2 Å². The Morgan fingerprint density at radius 1 is 1.06 bits per heavy atom. The zero-order valence-corrected chi connectivity index (χ0v) is 19.4. The van der Waals surface area contributed by atoms with Gasteiger partial charge in [0.1, 0.15) is 6.33 Å². The number of nitrogens with zero attached hydrogens (tertiary/aromatic N) is 3. The lowest BCUT2D eigenvalue weighted by atomic mass is 10.0. The van der Waals surface area contributed by atoms with Crippen molar-refractivity contribution in [1.29, 1.82) is 0 Å². The largest absolute Gasteiger partial charge is 0.374 e. The third kappa shape index (κ3) is 6.67. The number of aromatic nitrogens is 3. The van der Waals surface area contributed by atoms with Gasteiger partial charge >= 0.3 is 0 Å². The van der Waals surface area contributed by atoms with E-state index in [9.17, 15) is 4.79 Å². The SMILES string of the molecule is CC(C)OCc1ccccc1CNC(=O)CSc1nncn1-c1ccc(C(C)C)cc1. The number of hydrogen-bond acceptors (Lipinski definition) is 5. The Bertz CT molecular complexity index is 983. The normalized spacial score (nSPS) is 11.3. The number of nitrogens with one attached hydrogen (secondary N) is 1. The molecule has 0 spiro atoms. The zero-order valence-electron chi connectivity index (χ0n) is 18.5. The summed E-state index contributed by atoms with van der Waals surface area (Å²) in [5, 5.41) is 11.9. The van der Waals surface area contributed by atoms with Crippen LogP contribution in [0.4, 0.5) is 0 Å². The van der Waals surface area contributed by atoms with Crippen molar-refractivity contribution in [3.05, 3.63) is 71.5 Å². The monoisotopic (exact) mass is 438 g/mol. The number of benzene rings is 2. The maximum absolute atomic E-state index is 12.4. The second-order valence-corrected chi connectivity index (χ2v) is 8.87. The van der Waals surface area contributed by atoms with Crippen molar-refractivity contribution in [1.82, 2.24) is 20.1 Å². The molecule has 1 heterocycles. The van der Waals surface area contributed by atoms with Gasteiger partial charge in [0, 0.05) is 12.2 Å². The molecule has 0 radical (unpaired) electrons. The van der Waals surface area contributed by atoms with Crippen LogP contribution in [0.2, 0.25) is 0 Å². The molecule has 0 unspecified atom stereocenters. The van der Waals surface area contributed by atoms with Crippen LogP contribution in [-0.2, 0) is 22.7 Å². The highest BCUT2D eigenvalue weighted by Gasteiger charge is 2.11. The molecule has 164 valence electrons. The third-order valence-corrected chi connectivity index (χ3v) is 5.80. The first-order chi connectivity index (χ1) is 14.9. The summed E-state index contributed by atoms with van der Waals surface area (Å²) in [6.45, 7) is 9.38. The lowest BCUT2D eigenvalue weighted by Crippen LogP contribution is -2.25. The van der Waals surface area contributed by atoms with E-state index < -0.39 is 0 Å². The van der Waals surface area contributed by atoms with Crippen LogP contribution in [0.25, 0.3) is 5.69 Å². The Kier molecular flexibility index (Phi) is 8.26. The van der Waals surface area contributed by atoms with E-state index in [1.54, 1.807) is 6.33 Å². The molecule has 0 aliphatic carbocycles. The Morgan fingerprint density at radius 3 is 2.45 bits per heavy atom. The summed E-state index contributed by atoms with van der Waals surface area (Å²) < 4.78 is 7.62. The highest BCUT2D eigenvalue weighted by Crippen LogP contribution is 2.22. The van der Waals surface area contributed by atoms with Crippen LogP contribution in [-0.4, -0.2) is 32.5 Å². The maximum Gasteiger partial charge on any atom is 0.230 e. The second kappa shape index (κ2) is 11.1. The Labute approximate surface area is 188 Å². The fourth-order valence-corrected chi connectivity index (χ4v) is 3.78. The van der Waals surface area contributed by atoms with E-state index >= 15 is 0 Å². The molecule has 3 aromatic rings. The van der Waals surface area contributed by atoms with Crippen LogP contribution in [0.15, 0.2) is 60.0 Å². The third-order valence-electron chi connectivity index (χ3n) is 4.85. The molecular weight excluding hydrogens is 408 g/mol. The smallest absolute Gasteiger partial charge is 0.230 e. The van der Waals surface area contributed by atoms with E-state index in [1.807, 2.05) is 42.7 Å². The quantitative estimate of drug-likeness (QED) is 0.464. The number of carbonyl (C=O) groups is 1. The highest BCUT2D eigenvalue weighted by molar-refractivity contribution is 7.99. The van der Waals surface area contributed by atoms with Gasteiger partial charge in [0.15, 0.2) is 5.16 Å². The topological polar surface area (TPSA) is 69.0 Å². The maximum atomic E-state index is 12.4. The summed E-state index contributed by atoms with van der Waals surface area (Å²) in [6, 6.07) is 16.3. The molecule has 1 aromatic heterocycles. The van der Waals surface area contributed by atoms with Gasteiger partial charge in [-0.25, -0.2) is 0 Å². The van der Waals surface area contributed by atoms with Gasteiger partial charge in [0.25, 0.3) is 0 Å². The number of rotatable bonds is 10. The molecule has 0 fully saturated rings. The fourth-order valence-electron chi connectivity index (χ4n) is 3.02. The lowest BCUT2D eigenvalue weighted by Gasteiger charge is -2.13. The summed E-state index contributed by atoms with van der Waals surface area (Å²) in [7, 11) is 0. The molecule has 0 saturated carbocycles. The van der Waals surface area contributed by atoms with Crippen molar-refractivity contribution in [2.24, 2.45) is 0 Å². The predicted molar refractivity (Wildman–Crippen MR) is 124 cm³/mol. The van der Waals surface area contributed by atoms with E-state index in [2.05, 4.69) is 53.6 Å². The first kappa shape index (κ1) is 23.0. The minimum atomic E-state index is -0.0470. The van der Waals surface area contributed by atoms with Gasteiger partial charge in [0.05, 0.1) is 18.5 Å². The van der Waals surface area contributed by atoms with E-state index in [1.165, 1.54) is 17.3 Å². The molecule has 1 N–H and O–H groups in total. The summed E-state index contributed by atoms with van der Waals surface area (Å²) >= 11 is 1.37. The van der Waals surface area contributed by atoms with Crippen LogP contribution in [0, 0.1) is 0 Å². The number of thioether (sulfide) groups is 1. The minimum absolute atomic E-state index is 0.0470. The molecule has 7 heteroatoms. The molecule has 0 atom stereocenters. The Hall–Kier alpha value is -2.64. The molecular formula is C24H30N4O2S. The van der Waals surface area contributed by atoms with Crippen molar-refractivity contribution in [3.8, 4) is 5.69 Å². The van der Waals surface area contributed by atoms with Crippen molar-refractivity contribution in [2.45, 2.75) is 58.0 Å². The molecule has 1 amide bonds. The van der Waals surface area contributed by atoms with Crippen molar-refractivity contribution in [2.75, 3.05) is 5.75 Å². The lowest BCUT2D eigenvalue weighted by molar-refractivity contribution is -0.118. The average molecular weight is 439 g/mol. The van der Waals surface area contributed by atoms with Gasteiger partial charge in [-0.15, -0.1) is 10.2 Å². The van der Waals surface area contributed by atoms with E-state index in [4.69, 9.17) is 4.74 Å². The highest BCUT2D eigenvalue weighted by atomic mass is 32.2. The molecule has 0 saturated heterocycles. The van der Waals surface area contributed by atoms with Crippen LogP contribution in [0.1, 0.15) is 50.3 Å². The van der Waals surface area contributed by atoms with Gasteiger partial charge in [-0.2, -0.15) is 0 Å².